The second kappa shape index (κ2) is 12.2. The van der Waals surface area contributed by atoms with Crippen LogP contribution in [-0.4, -0.2) is 84.8 Å². The highest BCUT2D eigenvalue weighted by Gasteiger charge is 2.41. The summed E-state index contributed by atoms with van der Waals surface area (Å²) in [5, 5.41) is 15.5. The molecule has 0 radical (unpaired) electrons. The molecule has 1 atom stereocenters. The molecule has 0 spiro atoms. The van der Waals surface area contributed by atoms with Gasteiger partial charge in [-0.05, 0) is 26.0 Å². The topological polar surface area (TPSA) is 80.2 Å². The quantitative estimate of drug-likeness (QED) is 0.222. The number of carbonyl (C=O) groups excluding carboxylic acids is 1. The maximum atomic E-state index is 12.9. The van der Waals surface area contributed by atoms with Crippen molar-refractivity contribution in [2.45, 2.75) is 26.1 Å². The van der Waals surface area contributed by atoms with Crippen LogP contribution in [0.15, 0.2) is 29.3 Å². The number of phenolic OH excluding ortho intramolecular Hbond substituents is 1. The highest BCUT2D eigenvalue weighted by molar-refractivity contribution is 14.0. The Morgan fingerprint density at radius 1 is 1.20 bits per heavy atom. The number of benzene rings is 1. The fourth-order valence-electron chi connectivity index (χ4n) is 3.05. The summed E-state index contributed by atoms with van der Waals surface area (Å²) >= 11 is 0. The number of halogens is 4. The van der Waals surface area contributed by atoms with E-state index in [-0.39, 0.29) is 41.8 Å². The van der Waals surface area contributed by atoms with E-state index in [0.717, 1.165) is 0 Å². The van der Waals surface area contributed by atoms with Gasteiger partial charge >= 0.3 is 6.18 Å². The predicted molar refractivity (Wildman–Crippen MR) is 120 cm³/mol. The van der Waals surface area contributed by atoms with E-state index in [2.05, 4.69) is 15.6 Å². The van der Waals surface area contributed by atoms with Crippen molar-refractivity contribution in [3.05, 3.63) is 29.8 Å². The molecule has 3 N–H and O–H groups in total. The molecule has 1 heterocycles. The van der Waals surface area contributed by atoms with E-state index in [9.17, 15) is 23.1 Å². The van der Waals surface area contributed by atoms with Crippen molar-refractivity contribution in [3.63, 3.8) is 0 Å². The number of guanidine groups is 1. The smallest absolute Gasteiger partial charge is 0.403 e. The third kappa shape index (κ3) is 7.49. The van der Waals surface area contributed by atoms with Crippen LogP contribution in [0.25, 0.3) is 0 Å². The normalized spacial score (nSPS) is 16.6. The second-order valence-corrected chi connectivity index (χ2v) is 6.75. The summed E-state index contributed by atoms with van der Waals surface area (Å²) in [6, 6.07) is 4.80. The number of para-hydroxylation sites is 1. The van der Waals surface area contributed by atoms with Crippen LogP contribution in [0, 0.1) is 0 Å². The average molecular weight is 543 g/mol. The zero-order valence-corrected chi connectivity index (χ0v) is 19.4. The van der Waals surface area contributed by atoms with Crippen LogP contribution >= 0.6 is 24.0 Å². The van der Waals surface area contributed by atoms with E-state index in [0.29, 0.717) is 45.2 Å². The van der Waals surface area contributed by atoms with E-state index in [1.54, 1.807) is 12.1 Å². The van der Waals surface area contributed by atoms with Gasteiger partial charge in [-0.15, -0.1) is 24.0 Å². The van der Waals surface area contributed by atoms with Gasteiger partial charge in [0.2, 0.25) is 0 Å². The SMILES string of the molecule is CCNC(=NCCNC(=O)c1ccccc1O)N1CCN(C(C)C(F)(F)F)CC1.I. The van der Waals surface area contributed by atoms with E-state index in [1.165, 1.54) is 24.0 Å². The van der Waals surface area contributed by atoms with Crippen LogP contribution in [-0.2, 0) is 0 Å². The summed E-state index contributed by atoms with van der Waals surface area (Å²) in [6.45, 7) is 5.78. The first-order chi connectivity index (χ1) is 13.7. The average Bonchev–Trinajstić information content (AvgIpc) is 2.69. The summed E-state index contributed by atoms with van der Waals surface area (Å²) in [4.78, 5) is 19.9. The van der Waals surface area contributed by atoms with Gasteiger partial charge in [0.05, 0.1) is 12.1 Å². The third-order valence-electron chi connectivity index (χ3n) is 4.78. The number of rotatable bonds is 6. The maximum Gasteiger partial charge on any atom is 0.403 e. The fraction of sp³-hybridized carbons (Fsp3) is 0.579. The van der Waals surface area contributed by atoms with Crippen LogP contribution < -0.4 is 10.6 Å². The van der Waals surface area contributed by atoms with Gasteiger partial charge in [0.1, 0.15) is 11.8 Å². The number of amides is 1. The Hall–Kier alpha value is -1.76. The molecule has 30 heavy (non-hydrogen) atoms. The zero-order valence-electron chi connectivity index (χ0n) is 17.1. The standard InChI is InChI=1S/C19H28F3N5O2.HI/c1-3-23-18(27-12-10-26(11-13-27)14(2)19(20,21)22)25-9-8-24-17(29)15-6-4-5-7-16(15)28;/h4-7,14,28H,3,8-13H2,1-2H3,(H,23,25)(H,24,29);1H. The number of phenols is 1. The molecule has 0 aliphatic carbocycles. The first-order valence-corrected chi connectivity index (χ1v) is 9.64. The Labute approximate surface area is 191 Å². The van der Waals surface area contributed by atoms with Gasteiger partial charge in [0, 0.05) is 39.3 Å². The zero-order chi connectivity index (χ0) is 21.4. The molecule has 0 aromatic heterocycles. The highest BCUT2D eigenvalue weighted by Crippen LogP contribution is 2.25. The molecule has 1 aliphatic rings. The Balaban J connectivity index is 0.00000450. The summed E-state index contributed by atoms with van der Waals surface area (Å²) in [7, 11) is 0. The lowest BCUT2D eigenvalue weighted by Crippen LogP contribution is -2.56. The molecular formula is C19H29F3IN5O2. The van der Waals surface area contributed by atoms with Crippen LogP contribution in [0.3, 0.4) is 0 Å². The van der Waals surface area contributed by atoms with Gasteiger partial charge in [-0.2, -0.15) is 13.2 Å². The number of hydrogen-bond acceptors (Lipinski definition) is 4. The number of nitrogens with one attached hydrogen (secondary N) is 2. The minimum absolute atomic E-state index is 0. The van der Waals surface area contributed by atoms with Crippen molar-refractivity contribution in [2.24, 2.45) is 4.99 Å². The molecule has 1 aromatic rings. The van der Waals surface area contributed by atoms with Crippen molar-refractivity contribution >= 4 is 35.8 Å². The van der Waals surface area contributed by atoms with E-state index in [1.807, 2.05) is 11.8 Å². The highest BCUT2D eigenvalue weighted by atomic mass is 127. The molecule has 11 heteroatoms. The molecule has 0 saturated carbocycles. The molecule has 1 aliphatic heterocycles. The van der Waals surface area contributed by atoms with E-state index >= 15 is 0 Å². The summed E-state index contributed by atoms with van der Waals surface area (Å²) < 4.78 is 38.7. The van der Waals surface area contributed by atoms with Gasteiger partial charge in [0.25, 0.3) is 5.91 Å². The Morgan fingerprint density at radius 2 is 1.83 bits per heavy atom. The number of alkyl halides is 3. The van der Waals surface area contributed by atoms with E-state index < -0.39 is 18.1 Å². The molecule has 1 saturated heterocycles. The number of piperazine rings is 1. The van der Waals surface area contributed by atoms with Gasteiger partial charge < -0.3 is 20.6 Å². The summed E-state index contributed by atoms with van der Waals surface area (Å²) in [5.74, 6) is 0.134. The maximum absolute atomic E-state index is 12.9. The van der Waals surface area contributed by atoms with Crippen molar-refractivity contribution in [2.75, 3.05) is 45.8 Å². The number of carbonyl (C=O) groups is 1. The van der Waals surface area contributed by atoms with Crippen molar-refractivity contribution in [3.8, 4) is 5.75 Å². The second-order valence-electron chi connectivity index (χ2n) is 6.75. The van der Waals surface area contributed by atoms with Crippen molar-refractivity contribution < 1.29 is 23.1 Å². The van der Waals surface area contributed by atoms with Crippen LogP contribution in [0.1, 0.15) is 24.2 Å². The Bertz CT molecular complexity index is 710. The molecule has 2 rings (SSSR count). The Kier molecular flexibility index (Phi) is 10.7. The fourth-order valence-corrected chi connectivity index (χ4v) is 3.05. The number of nitrogens with zero attached hydrogens (tertiary/aromatic N) is 3. The molecule has 7 nitrogen and oxygen atoms in total. The number of aromatic hydroxyl groups is 1. The predicted octanol–water partition coefficient (Wildman–Crippen LogP) is 2.27. The lowest BCUT2D eigenvalue weighted by Gasteiger charge is -2.39. The molecule has 0 bridgehead atoms. The van der Waals surface area contributed by atoms with Crippen molar-refractivity contribution in [1.82, 2.24) is 20.4 Å². The molecule has 1 fully saturated rings. The minimum Gasteiger partial charge on any atom is -0.507 e. The lowest BCUT2D eigenvalue weighted by molar-refractivity contribution is -0.181. The molecule has 1 amide bonds. The van der Waals surface area contributed by atoms with Gasteiger partial charge in [0.15, 0.2) is 5.96 Å². The number of hydrogen-bond donors (Lipinski definition) is 3. The summed E-state index contributed by atoms with van der Waals surface area (Å²) in [5.41, 5.74) is 0.193. The molecule has 1 unspecified atom stereocenters. The minimum atomic E-state index is -4.23. The van der Waals surface area contributed by atoms with Gasteiger partial charge in [-0.1, -0.05) is 12.1 Å². The first kappa shape index (κ1) is 26.3. The molecule has 170 valence electrons. The first-order valence-electron chi connectivity index (χ1n) is 9.64. The largest absolute Gasteiger partial charge is 0.507 e. The van der Waals surface area contributed by atoms with Gasteiger partial charge in [-0.3, -0.25) is 14.7 Å². The van der Waals surface area contributed by atoms with Crippen LogP contribution in [0.5, 0.6) is 5.75 Å². The van der Waals surface area contributed by atoms with Crippen molar-refractivity contribution in [1.29, 1.82) is 0 Å². The van der Waals surface area contributed by atoms with Crippen LogP contribution in [0.2, 0.25) is 0 Å². The monoisotopic (exact) mass is 543 g/mol. The lowest BCUT2D eigenvalue weighted by atomic mass is 10.2. The van der Waals surface area contributed by atoms with Crippen LogP contribution in [0.4, 0.5) is 13.2 Å². The third-order valence-corrected chi connectivity index (χ3v) is 4.78. The summed E-state index contributed by atoms with van der Waals surface area (Å²) in [6.07, 6.45) is -4.23. The number of aliphatic imine (C=N–C) groups is 1. The van der Waals surface area contributed by atoms with Gasteiger partial charge in [-0.25, -0.2) is 0 Å². The van der Waals surface area contributed by atoms with E-state index in [4.69, 9.17) is 0 Å². The molecular weight excluding hydrogens is 514 g/mol. The Morgan fingerprint density at radius 3 is 2.40 bits per heavy atom. The molecule has 1 aromatic carbocycles.